The van der Waals surface area contributed by atoms with Gasteiger partial charge in [0.2, 0.25) is 0 Å². The first-order chi connectivity index (χ1) is 8.11. The van der Waals surface area contributed by atoms with Gasteiger partial charge >= 0.3 is 0 Å². The molecule has 1 heterocycles. The normalized spacial score (nSPS) is 17.5. The van der Waals surface area contributed by atoms with Crippen molar-refractivity contribution in [1.82, 2.24) is 4.90 Å². The van der Waals surface area contributed by atoms with E-state index in [4.69, 9.17) is 5.73 Å². The molecule has 2 rings (SSSR count). The molecule has 0 amide bonds. The molecule has 3 heteroatoms. The summed E-state index contributed by atoms with van der Waals surface area (Å²) < 4.78 is 0. The first-order valence-electron chi connectivity index (χ1n) is 6.46. The van der Waals surface area contributed by atoms with E-state index in [1.807, 2.05) is 0 Å². The van der Waals surface area contributed by atoms with Gasteiger partial charge in [0, 0.05) is 26.2 Å². The maximum atomic E-state index is 6.16. The molecule has 0 bridgehead atoms. The summed E-state index contributed by atoms with van der Waals surface area (Å²) in [6, 6.07) is 4.30. The van der Waals surface area contributed by atoms with Gasteiger partial charge in [0.1, 0.15) is 0 Å². The number of aryl methyl sites for hydroxylation is 2. The van der Waals surface area contributed by atoms with E-state index in [0.29, 0.717) is 0 Å². The van der Waals surface area contributed by atoms with Crippen LogP contribution >= 0.6 is 0 Å². The molecule has 1 aromatic carbocycles. The Kier molecular flexibility index (Phi) is 3.57. The molecule has 0 spiro atoms. The highest BCUT2D eigenvalue weighted by atomic mass is 15.3. The van der Waals surface area contributed by atoms with Gasteiger partial charge in [-0.2, -0.15) is 0 Å². The topological polar surface area (TPSA) is 32.5 Å². The molecule has 0 aromatic heterocycles. The molecule has 1 saturated heterocycles. The molecular weight excluding hydrogens is 210 g/mol. The van der Waals surface area contributed by atoms with E-state index in [9.17, 15) is 0 Å². The lowest BCUT2D eigenvalue weighted by atomic mass is 10.1. The summed E-state index contributed by atoms with van der Waals surface area (Å²) in [7, 11) is 0. The van der Waals surface area contributed by atoms with Gasteiger partial charge in [-0.05, 0) is 37.6 Å². The number of piperazine rings is 1. The largest absolute Gasteiger partial charge is 0.397 e. The van der Waals surface area contributed by atoms with Gasteiger partial charge in [-0.1, -0.05) is 13.0 Å². The van der Waals surface area contributed by atoms with Gasteiger partial charge in [-0.15, -0.1) is 0 Å². The van der Waals surface area contributed by atoms with E-state index in [-0.39, 0.29) is 0 Å². The van der Waals surface area contributed by atoms with Gasteiger partial charge in [0.15, 0.2) is 0 Å². The lowest BCUT2D eigenvalue weighted by Crippen LogP contribution is -2.46. The summed E-state index contributed by atoms with van der Waals surface area (Å²) in [5.41, 5.74) is 10.9. The molecule has 1 aliphatic heterocycles. The summed E-state index contributed by atoms with van der Waals surface area (Å²) >= 11 is 0. The zero-order valence-electron chi connectivity index (χ0n) is 11.2. The van der Waals surface area contributed by atoms with Gasteiger partial charge in [0.25, 0.3) is 0 Å². The average molecular weight is 233 g/mol. The molecule has 0 atom stereocenters. The van der Waals surface area contributed by atoms with E-state index in [0.717, 1.165) is 38.4 Å². The Morgan fingerprint density at radius 3 is 2.29 bits per heavy atom. The number of hydrogen-bond acceptors (Lipinski definition) is 3. The molecule has 0 aliphatic carbocycles. The van der Waals surface area contributed by atoms with Crippen LogP contribution in [0.5, 0.6) is 0 Å². The number of benzene rings is 1. The maximum absolute atomic E-state index is 6.16. The Morgan fingerprint density at radius 1 is 1.12 bits per heavy atom. The van der Waals surface area contributed by atoms with E-state index < -0.39 is 0 Å². The van der Waals surface area contributed by atoms with Crippen LogP contribution in [0.2, 0.25) is 0 Å². The summed E-state index contributed by atoms with van der Waals surface area (Å²) in [4.78, 5) is 4.91. The van der Waals surface area contributed by atoms with Crippen LogP contribution in [-0.2, 0) is 0 Å². The summed E-state index contributed by atoms with van der Waals surface area (Å²) in [5, 5.41) is 0. The predicted molar refractivity (Wildman–Crippen MR) is 74.7 cm³/mol. The van der Waals surface area contributed by atoms with Crippen LogP contribution in [0.15, 0.2) is 12.1 Å². The minimum atomic E-state index is 0.924. The van der Waals surface area contributed by atoms with Crippen LogP contribution in [0.25, 0.3) is 0 Å². The van der Waals surface area contributed by atoms with Crippen LogP contribution < -0.4 is 10.6 Å². The van der Waals surface area contributed by atoms with Crippen LogP contribution in [0.4, 0.5) is 11.4 Å². The number of anilines is 2. The second kappa shape index (κ2) is 4.96. The highest BCUT2D eigenvalue weighted by Crippen LogP contribution is 2.29. The molecule has 0 unspecified atom stereocenters. The van der Waals surface area contributed by atoms with Crippen LogP contribution in [0, 0.1) is 13.8 Å². The quantitative estimate of drug-likeness (QED) is 0.793. The molecule has 0 radical (unpaired) electrons. The fourth-order valence-electron chi connectivity index (χ4n) is 2.71. The Bertz CT molecular complexity index is 369. The fourth-order valence-corrected chi connectivity index (χ4v) is 2.71. The third-order valence-electron chi connectivity index (χ3n) is 3.61. The molecule has 2 N–H and O–H groups in total. The fraction of sp³-hybridized carbons (Fsp3) is 0.571. The minimum absolute atomic E-state index is 0.924. The molecule has 1 fully saturated rings. The van der Waals surface area contributed by atoms with Crippen molar-refractivity contribution in [1.29, 1.82) is 0 Å². The molecule has 0 saturated carbocycles. The standard InChI is InChI=1S/C14H23N3/c1-4-16-5-7-17(8-6-16)14-12(3)9-11(2)10-13(14)15/h9-10H,4-8,15H2,1-3H3. The van der Waals surface area contributed by atoms with Crippen molar-refractivity contribution in [2.24, 2.45) is 0 Å². The van der Waals surface area contributed by atoms with Gasteiger partial charge < -0.3 is 15.5 Å². The Hall–Kier alpha value is -1.22. The second-order valence-electron chi connectivity index (χ2n) is 4.94. The van der Waals surface area contributed by atoms with E-state index in [1.165, 1.54) is 16.8 Å². The van der Waals surface area contributed by atoms with Crippen molar-refractivity contribution in [3.8, 4) is 0 Å². The Labute approximate surface area is 104 Å². The molecule has 17 heavy (non-hydrogen) atoms. The smallest absolute Gasteiger partial charge is 0.0630 e. The molecular formula is C14H23N3. The van der Waals surface area contributed by atoms with Crippen LogP contribution in [0.1, 0.15) is 18.1 Å². The predicted octanol–water partition coefficient (Wildman–Crippen LogP) is 2.03. The molecule has 1 aliphatic rings. The number of nitrogens with two attached hydrogens (primary N) is 1. The van der Waals surface area contributed by atoms with Gasteiger partial charge in [-0.25, -0.2) is 0 Å². The number of hydrogen-bond donors (Lipinski definition) is 1. The highest BCUT2D eigenvalue weighted by molar-refractivity contribution is 5.72. The second-order valence-corrected chi connectivity index (χ2v) is 4.94. The van der Waals surface area contributed by atoms with Gasteiger partial charge in [-0.3, -0.25) is 0 Å². The number of rotatable bonds is 2. The van der Waals surface area contributed by atoms with Crippen molar-refractivity contribution in [3.63, 3.8) is 0 Å². The van der Waals surface area contributed by atoms with E-state index >= 15 is 0 Å². The number of likely N-dealkylation sites (N-methyl/N-ethyl adjacent to an activating group) is 1. The van der Waals surface area contributed by atoms with Crippen molar-refractivity contribution in [2.75, 3.05) is 43.4 Å². The third-order valence-corrected chi connectivity index (χ3v) is 3.61. The Balaban J connectivity index is 2.18. The number of nitrogen functional groups attached to an aromatic ring is 1. The van der Waals surface area contributed by atoms with Crippen LogP contribution in [-0.4, -0.2) is 37.6 Å². The molecule has 94 valence electrons. The van der Waals surface area contributed by atoms with Crippen molar-refractivity contribution in [3.05, 3.63) is 23.3 Å². The highest BCUT2D eigenvalue weighted by Gasteiger charge is 2.19. The SMILES string of the molecule is CCN1CCN(c2c(C)cc(C)cc2N)CC1. The van der Waals surface area contributed by atoms with Crippen molar-refractivity contribution >= 4 is 11.4 Å². The maximum Gasteiger partial charge on any atom is 0.0630 e. The van der Waals surface area contributed by atoms with E-state index in [1.54, 1.807) is 0 Å². The minimum Gasteiger partial charge on any atom is -0.397 e. The average Bonchev–Trinajstić information content (AvgIpc) is 2.28. The van der Waals surface area contributed by atoms with Crippen LogP contribution in [0.3, 0.4) is 0 Å². The van der Waals surface area contributed by atoms with Crippen molar-refractivity contribution < 1.29 is 0 Å². The monoisotopic (exact) mass is 233 g/mol. The lowest BCUT2D eigenvalue weighted by molar-refractivity contribution is 0.271. The zero-order valence-corrected chi connectivity index (χ0v) is 11.2. The van der Waals surface area contributed by atoms with E-state index in [2.05, 4.69) is 42.7 Å². The third kappa shape index (κ3) is 2.55. The van der Waals surface area contributed by atoms with Crippen molar-refractivity contribution in [2.45, 2.75) is 20.8 Å². The van der Waals surface area contributed by atoms with Gasteiger partial charge in [0.05, 0.1) is 11.4 Å². The first-order valence-corrected chi connectivity index (χ1v) is 6.46. The summed E-state index contributed by atoms with van der Waals surface area (Å²) in [5.74, 6) is 0. The summed E-state index contributed by atoms with van der Waals surface area (Å²) in [6.45, 7) is 12.1. The summed E-state index contributed by atoms with van der Waals surface area (Å²) in [6.07, 6.45) is 0. The zero-order chi connectivity index (χ0) is 12.4. The first kappa shape index (κ1) is 12.2. The lowest BCUT2D eigenvalue weighted by Gasteiger charge is -2.37. The molecule has 1 aromatic rings. The number of nitrogens with zero attached hydrogens (tertiary/aromatic N) is 2. The Morgan fingerprint density at radius 2 is 1.76 bits per heavy atom. The molecule has 3 nitrogen and oxygen atoms in total.